The van der Waals surface area contributed by atoms with E-state index in [1.807, 2.05) is 50.2 Å². The third kappa shape index (κ3) is 10.8. The van der Waals surface area contributed by atoms with Gasteiger partial charge in [-0.1, -0.05) is 98.8 Å². The molecule has 0 saturated carbocycles. The second-order valence-electron chi connectivity index (χ2n) is 17.2. The van der Waals surface area contributed by atoms with Gasteiger partial charge in [0, 0.05) is 44.6 Å². The topological polar surface area (TPSA) is 225 Å². The number of nitrogens with zero attached hydrogens (tertiary/aromatic N) is 4. The van der Waals surface area contributed by atoms with Crippen LogP contribution < -0.4 is 30.7 Å². The van der Waals surface area contributed by atoms with E-state index in [1.54, 1.807) is 121 Å². The lowest BCUT2D eigenvalue weighted by Crippen LogP contribution is -2.17. The second kappa shape index (κ2) is 22.7. The van der Waals surface area contributed by atoms with Crippen molar-refractivity contribution in [2.45, 2.75) is 26.7 Å². The summed E-state index contributed by atoms with van der Waals surface area (Å²) in [7, 11) is 2.92. The maximum atomic E-state index is 14.3. The number of carbonyl (C=O) groups is 4. The van der Waals surface area contributed by atoms with E-state index in [9.17, 15) is 29.4 Å². The van der Waals surface area contributed by atoms with E-state index in [0.717, 1.165) is 11.1 Å². The van der Waals surface area contributed by atoms with Crippen molar-refractivity contribution in [1.29, 1.82) is 0 Å². The molecule has 0 radical (unpaired) electrons. The van der Waals surface area contributed by atoms with E-state index in [-0.39, 0.29) is 56.8 Å². The van der Waals surface area contributed by atoms with E-state index in [0.29, 0.717) is 68.6 Å². The monoisotopic (exact) mass is 1010 g/mol. The maximum Gasteiger partial charge on any atom is 0.259 e. The fraction of sp³-hybridized carbons (Fsp3) is 0.100. The van der Waals surface area contributed by atoms with Gasteiger partial charge in [0.25, 0.3) is 23.6 Å². The van der Waals surface area contributed by atoms with Gasteiger partial charge >= 0.3 is 0 Å². The second-order valence-corrected chi connectivity index (χ2v) is 17.2. The predicted molar refractivity (Wildman–Crippen MR) is 295 cm³/mol. The van der Waals surface area contributed by atoms with Crippen molar-refractivity contribution >= 4 is 90.7 Å². The molecule has 0 fully saturated rings. The first-order chi connectivity index (χ1) is 37.0. The van der Waals surface area contributed by atoms with Crippen molar-refractivity contribution < 1.29 is 38.9 Å². The molecule has 378 valence electrons. The Kier molecular flexibility index (Phi) is 15.1. The van der Waals surface area contributed by atoms with Crippen LogP contribution in [0.1, 0.15) is 66.4 Å². The number of benzene rings is 9. The molecule has 0 aliphatic heterocycles. The van der Waals surface area contributed by atoms with Gasteiger partial charge in [0.1, 0.15) is 34.2 Å². The van der Waals surface area contributed by atoms with E-state index in [1.165, 1.54) is 26.4 Å². The number of ether oxygens (including phenoxy) is 2. The van der Waals surface area contributed by atoms with Crippen LogP contribution in [0, 0.1) is 0 Å². The summed E-state index contributed by atoms with van der Waals surface area (Å²) in [6, 6.07) is 48.1. The minimum Gasteiger partial charge on any atom is -0.505 e. The Labute approximate surface area is 436 Å². The fourth-order valence-corrected chi connectivity index (χ4v) is 8.77. The summed E-state index contributed by atoms with van der Waals surface area (Å²) in [5, 5.41) is 55.3. The average Bonchev–Trinajstić information content (AvgIpc) is 3.46. The van der Waals surface area contributed by atoms with Gasteiger partial charge in [0.05, 0.1) is 25.3 Å². The highest BCUT2D eigenvalue weighted by Crippen LogP contribution is 2.43. The lowest BCUT2D eigenvalue weighted by atomic mass is 9.97. The first-order valence-corrected chi connectivity index (χ1v) is 24.2. The van der Waals surface area contributed by atoms with Gasteiger partial charge in [-0.25, -0.2) is 0 Å². The molecule has 0 aliphatic rings. The average molecular weight is 1010 g/mol. The molecule has 9 rings (SSSR count). The zero-order chi connectivity index (χ0) is 53.3. The molecule has 0 aliphatic carbocycles. The molecular weight excluding hydrogens is 961 g/mol. The molecule has 0 aromatic heterocycles. The van der Waals surface area contributed by atoms with Gasteiger partial charge in [-0.3, -0.25) is 19.2 Å². The lowest BCUT2D eigenvalue weighted by molar-refractivity contribution is 0.101. The number of anilines is 4. The molecule has 9 aromatic carbocycles. The molecule has 0 heterocycles. The Bertz CT molecular complexity index is 3530. The number of fused-ring (bicyclic) bond motifs is 2. The summed E-state index contributed by atoms with van der Waals surface area (Å²) >= 11 is 0. The van der Waals surface area contributed by atoms with Crippen LogP contribution in [0.15, 0.2) is 190 Å². The van der Waals surface area contributed by atoms with Gasteiger partial charge in [0.2, 0.25) is 0 Å². The van der Waals surface area contributed by atoms with Crippen molar-refractivity contribution in [3.63, 3.8) is 0 Å². The van der Waals surface area contributed by atoms with E-state index in [4.69, 9.17) is 9.47 Å². The summed E-state index contributed by atoms with van der Waals surface area (Å²) < 4.78 is 11.1. The van der Waals surface area contributed by atoms with Crippen LogP contribution in [0.25, 0.3) is 21.5 Å². The molecule has 76 heavy (non-hydrogen) atoms. The molecule has 0 unspecified atom stereocenters. The number of hydrogen-bond donors (Lipinski definition) is 6. The molecule has 6 N–H and O–H groups in total. The van der Waals surface area contributed by atoms with Gasteiger partial charge in [-0.05, 0) is 120 Å². The highest BCUT2D eigenvalue weighted by Gasteiger charge is 2.24. The highest BCUT2D eigenvalue weighted by atomic mass is 16.5. The molecule has 0 saturated heterocycles. The maximum absolute atomic E-state index is 14.3. The number of azo groups is 2. The summed E-state index contributed by atoms with van der Waals surface area (Å²) in [5.74, 6) is -2.23. The lowest BCUT2D eigenvalue weighted by Gasteiger charge is -2.19. The zero-order valence-electron chi connectivity index (χ0n) is 41.7. The molecule has 0 bridgehead atoms. The quantitative estimate of drug-likeness (QED) is 0.0509. The highest BCUT2D eigenvalue weighted by molar-refractivity contribution is 6.14. The van der Waals surface area contributed by atoms with E-state index >= 15 is 0 Å². The zero-order valence-corrected chi connectivity index (χ0v) is 41.7. The van der Waals surface area contributed by atoms with Gasteiger partial charge in [-0.15, -0.1) is 20.5 Å². The van der Waals surface area contributed by atoms with E-state index in [2.05, 4.69) is 41.7 Å². The Morgan fingerprint density at radius 3 is 1.20 bits per heavy atom. The number of methoxy groups -OCH3 is 2. The number of aromatic hydroxyl groups is 2. The van der Waals surface area contributed by atoms with Gasteiger partial charge in [-0.2, -0.15) is 0 Å². The third-order valence-corrected chi connectivity index (χ3v) is 12.6. The van der Waals surface area contributed by atoms with E-state index < -0.39 is 23.3 Å². The fourth-order valence-electron chi connectivity index (χ4n) is 8.77. The number of carbonyl (C=O) groups excluding carboxylic acids is 4. The Morgan fingerprint density at radius 1 is 0.434 bits per heavy atom. The van der Waals surface area contributed by atoms with Crippen molar-refractivity contribution in [2.24, 2.45) is 20.5 Å². The number of hydrogen-bond acceptors (Lipinski definition) is 12. The minimum absolute atomic E-state index is 0.0199. The summed E-state index contributed by atoms with van der Waals surface area (Å²) in [6.45, 7) is 3.84. The Balaban J connectivity index is 0.986. The largest absolute Gasteiger partial charge is 0.505 e. The predicted octanol–water partition coefficient (Wildman–Crippen LogP) is 14.4. The molecule has 0 spiro atoms. The summed E-state index contributed by atoms with van der Waals surface area (Å²) in [6.07, 6.45) is 0.889. The van der Waals surface area contributed by atoms with Crippen molar-refractivity contribution in [2.75, 3.05) is 35.5 Å². The number of rotatable bonds is 16. The number of amides is 4. The Morgan fingerprint density at radius 2 is 0.816 bits per heavy atom. The first-order valence-electron chi connectivity index (χ1n) is 24.2. The third-order valence-electron chi connectivity index (χ3n) is 12.6. The van der Waals surface area contributed by atoms with Crippen LogP contribution in [0.4, 0.5) is 45.5 Å². The van der Waals surface area contributed by atoms with Crippen LogP contribution in [0.3, 0.4) is 0 Å². The molecule has 9 aromatic rings. The first kappa shape index (κ1) is 50.7. The van der Waals surface area contributed by atoms with Crippen LogP contribution in [-0.4, -0.2) is 48.1 Å². The molecule has 16 nitrogen and oxygen atoms in total. The Hall–Kier alpha value is -10.2. The number of para-hydroxylation sites is 2. The summed E-state index contributed by atoms with van der Waals surface area (Å²) in [5.41, 5.74) is 4.45. The number of nitrogens with one attached hydrogen (secondary N) is 4. The number of phenolic OH excluding ortho intramolecular Hbond substituents is 2. The molecular formula is C60H50N8O8. The number of phenols is 2. The smallest absolute Gasteiger partial charge is 0.259 e. The molecule has 16 heteroatoms. The normalized spacial score (nSPS) is 11.2. The van der Waals surface area contributed by atoms with Crippen LogP contribution in [0.2, 0.25) is 0 Å². The van der Waals surface area contributed by atoms with Gasteiger partial charge in [0.15, 0.2) is 11.5 Å². The standard InChI is InChI=1S/C60H50N8O8/c1-5-41-42(6-2)48(64-60(74)46-32-36-18-14-16-24-44(36)54(56(46)70)68-66-50-34-38(26-30-52(50)76-4)58(72)62-40-21-11-8-12-22-40)28-27-47(41)63-59(73)45-31-35-17-13-15-23-43(35)53(55(45)69)67-65-49-33-37(25-29-51(49)75-3)57(71)61-39-19-9-7-10-20-39/h7-34,69-70H,5-6H2,1-4H3,(H,61,71)(H,62,72)(H,63,73)(H,64,74). The van der Waals surface area contributed by atoms with Crippen LogP contribution in [-0.2, 0) is 12.8 Å². The van der Waals surface area contributed by atoms with Crippen molar-refractivity contribution in [1.82, 2.24) is 0 Å². The van der Waals surface area contributed by atoms with Crippen molar-refractivity contribution in [3.05, 3.63) is 203 Å². The van der Waals surface area contributed by atoms with Crippen molar-refractivity contribution in [3.8, 4) is 23.0 Å². The minimum atomic E-state index is -0.632. The van der Waals surface area contributed by atoms with Crippen LogP contribution >= 0.6 is 0 Å². The van der Waals surface area contributed by atoms with Gasteiger partial charge < -0.3 is 41.0 Å². The molecule has 0 atom stereocenters. The summed E-state index contributed by atoms with van der Waals surface area (Å²) in [4.78, 5) is 55.0. The molecule has 4 amide bonds. The SMILES string of the molecule is CCc1c(NC(=O)c2cc3ccccc3c(N=Nc3cc(C(=O)Nc4ccccc4)ccc3OC)c2O)ccc(NC(=O)c2cc3ccccc3c(N=Nc3cc(C(=O)Nc4ccccc4)ccc3OC)c2O)c1CC. The van der Waals surface area contributed by atoms with Crippen LogP contribution in [0.5, 0.6) is 23.0 Å².